The molecule has 5 aliphatic carbocycles. The molecule has 252 valence electrons. The van der Waals surface area contributed by atoms with Crippen molar-refractivity contribution in [3.05, 3.63) is 54.1 Å². The van der Waals surface area contributed by atoms with E-state index < -0.39 is 0 Å². The van der Waals surface area contributed by atoms with Crippen LogP contribution in [0.5, 0.6) is 0 Å². The summed E-state index contributed by atoms with van der Waals surface area (Å²) < 4.78 is 0. The van der Waals surface area contributed by atoms with Gasteiger partial charge in [-0.2, -0.15) is 0 Å². The van der Waals surface area contributed by atoms with Crippen LogP contribution in [-0.2, 0) is 4.79 Å². The molecule has 4 fully saturated rings. The van der Waals surface area contributed by atoms with Crippen LogP contribution in [0, 0.1) is 58.2 Å². The number of aryl methyl sites for hydroxylation is 1. The van der Waals surface area contributed by atoms with Crippen molar-refractivity contribution in [2.45, 2.75) is 113 Å². The lowest BCUT2D eigenvalue weighted by atomic mass is 9.36. The fourth-order valence-electron chi connectivity index (χ4n) is 11.8. The van der Waals surface area contributed by atoms with Gasteiger partial charge in [0.05, 0.1) is 6.61 Å². The molecular formula is C41H66N2O2. The third-order valence-electron chi connectivity index (χ3n) is 13.7. The Bertz CT molecular complexity index is 1160. The lowest BCUT2D eigenvalue weighted by Crippen LogP contribution is -2.60. The Labute approximate surface area is 276 Å². The second-order valence-electron chi connectivity index (χ2n) is 16.6. The quantitative estimate of drug-likeness (QED) is 0.162. The molecule has 0 spiro atoms. The summed E-state index contributed by atoms with van der Waals surface area (Å²) in [7, 11) is 0. The highest BCUT2D eigenvalue weighted by atomic mass is 16.3. The summed E-state index contributed by atoms with van der Waals surface area (Å²) in [6.07, 6.45) is 19.9. The summed E-state index contributed by atoms with van der Waals surface area (Å²) in [5, 5.41) is 13.7. The van der Waals surface area contributed by atoms with E-state index in [-0.39, 0.29) is 12.0 Å². The number of fused-ring (bicyclic) bond motifs is 7. The molecule has 6 rings (SSSR count). The van der Waals surface area contributed by atoms with Crippen LogP contribution >= 0.6 is 0 Å². The number of carbonyl (C=O) groups excluding carboxylic acids is 1. The average molecular weight is 619 g/mol. The summed E-state index contributed by atoms with van der Waals surface area (Å²) in [4.78, 5) is 9.65. The first kappa shape index (κ1) is 35.9. The number of hydrogen-bond donors (Lipinski definition) is 3. The summed E-state index contributed by atoms with van der Waals surface area (Å²) in [5.41, 5.74) is 6.45. The van der Waals surface area contributed by atoms with E-state index in [4.69, 9.17) is 5.11 Å². The molecule has 45 heavy (non-hydrogen) atoms. The van der Waals surface area contributed by atoms with Crippen LogP contribution in [0.1, 0.15) is 117 Å². The molecule has 0 radical (unpaired) electrons. The third kappa shape index (κ3) is 7.03. The molecule has 4 saturated carbocycles. The molecule has 5 aliphatic rings. The summed E-state index contributed by atoms with van der Waals surface area (Å²) in [6.45, 7) is 22.8. The Kier molecular flexibility index (Phi) is 11.9. The second kappa shape index (κ2) is 14.9. The van der Waals surface area contributed by atoms with E-state index in [1.54, 1.807) is 11.6 Å². The maximum Gasteiger partial charge on any atom is 0.207 e. The van der Waals surface area contributed by atoms with Gasteiger partial charge in [0.25, 0.3) is 0 Å². The zero-order valence-corrected chi connectivity index (χ0v) is 29.9. The fraction of sp³-hybridized carbons (Fsp3) is 0.732. The van der Waals surface area contributed by atoms with Gasteiger partial charge in [0.1, 0.15) is 0 Å². The van der Waals surface area contributed by atoms with Gasteiger partial charge in [0, 0.05) is 19.6 Å². The van der Waals surface area contributed by atoms with E-state index >= 15 is 0 Å². The first-order chi connectivity index (χ1) is 21.4. The predicted molar refractivity (Wildman–Crippen MR) is 191 cm³/mol. The molecule has 0 heterocycles. The van der Waals surface area contributed by atoms with Crippen molar-refractivity contribution in [2.75, 3.05) is 26.2 Å². The van der Waals surface area contributed by atoms with Crippen LogP contribution in [0.25, 0.3) is 5.57 Å². The van der Waals surface area contributed by atoms with Crippen LogP contribution in [0.15, 0.2) is 43.0 Å². The number of amides is 1. The van der Waals surface area contributed by atoms with E-state index in [0.717, 1.165) is 29.6 Å². The topological polar surface area (TPSA) is 61.4 Å². The number of allylic oxidation sites excluding steroid dienone is 3. The largest absolute Gasteiger partial charge is 0.395 e. The molecule has 0 bridgehead atoms. The molecule has 0 aliphatic heterocycles. The van der Waals surface area contributed by atoms with Crippen molar-refractivity contribution >= 4 is 12.0 Å². The standard InChI is InChI=1S/C33H48.C5H12N2O2.C3H6/c1-22-9-11-23(12-10-22)25-16-20-33(6)28(30(25,2)3)17-21-32(5)27-15-19-31(4)18-7-8-26(31)24(27)13-14-29(32)33;8-4-3-6-1-2-7-5-9;1-3-2/h9-12,16,24,26-29H,7-8,13-15,17-21H2,1-6H3;5-6,8H,1-4H2,(H,7,9);3H,1H2,2H3. The Hall–Kier alpha value is -1.91. The molecule has 1 amide bonds. The number of aliphatic hydroxyl groups excluding tert-OH is 1. The molecule has 8 atom stereocenters. The van der Waals surface area contributed by atoms with Crippen LogP contribution in [0.4, 0.5) is 0 Å². The molecule has 8 unspecified atom stereocenters. The molecule has 3 N–H and O–H groups in total. The van der Waals surface area contributed by atoms with Gasteiger partial charge in [-0.3, -0.25) is 4.79 Å². The van der Waals surface area contributed by atoms with Gasteiger partial charge in [0.2, 0.25) is 6.41 Å². The lowest BCUT2D eigenvalue weighted by Gasteiger charge is -2.68. The van der Waals surface area contributed by atoms with Crippen molar-refractivity contribution < 1.29 is 9.90 Å². The van der Waals surface area contributed by atoms with Gasteiger partial charge in [0.15, 0.2) is 0 Å². The van der Waals surface area contributed by atoms with Crippen LogP contribution < -0.4 is 10.6 Å². The van der Waals surface area contributed by atoms with Gasteiger partial charge >= 0.3 is 0 Å². The molecular weight excluding hydrogens is 552 g/mol. The molecule has 1 aromatic carbocycles. The number of carbonyl (C=O) groups is 1. The molecule has 0 saturated heterocycles. The Morgan fingerprint density at radius 2 is 1.58 bits per heavy atom. The van der Waals surface area contributed by atoms with Gasteiger partial charge in [-0.1, -0.05) is 83.0 Å². The summed E-state index contributed by atoms with van der Waals surface area (Å²) in [6, 6.07) is 9.37. The third-order valence-corrected chi connectivity index (χ3v) is 13.7. The minimum Gasteiger partial charge on any atom is -0.395 e. The van der Waals surface area contributed by atoms with Gasteiger partial charge in [-0.15, -0.1) is 6.58 Å². The number of nitrogens with one attached hydrogen (secondary N) is 2. The van der Waals surface area contributed by atoms with Crippen LogP contribution in [0.2, 0.25) is 0 Å². The minimum atomic E-state index is 0.140. The number of hydrogen-bond acceptors (Lipinski definition) is 3. The van der Waals surface area contributed by atoms with E-state index in [2.05, 4.69) is 89.1 Å². The van der Waals surface area contributed by atoms with Crippen LogP contribution in [0.3, 0.4) is 0 Å². The smallest absolute Gasteiger partial charge is 0.207 e. The predicted octanol–water partition coefficient (Wildman–Crippen LogP) is 8.98. The highest BCUT2D eigenvalue weighted by Crippen LogP contribution is 2.73. The maximum atomic E-state index is 9.65. The fourth-order valence-corrected chi connectivity index (χ4v) is 11.8. The summed E-state index contributed by atoms with van der Waals surface area (Å²) in [5.74, 6) is 4.78. The second-order valence-corrected chi connectivity index (χ2v) is 16.6. The number of rotatable bonds is 7. The normalized spacial score (nSPS) is 37.4. The number of benzene rings is 1. The monoisotopic (exact) mass is 619 g/mol. The lowest BCUT2D eigenvalue weighted by molar-refractivity contribution is -0.176. The highest BCUT2D eigenvalue weighted by Gasteiger charge is 2.64. The van der Waals surface area contributed by atoms with Crippen LogP contribution in [-0.4, -0.2) is 37.8 Å². The Morgan fingerprint density at radius 3 is 2.24 bits per heavy atom. The van der Waals surface area contributed by atoms with Crippen molar-refractivity contribution in [1.29, 1.82) is 0 Å². The van der Waals surface area contributed by atoms with Gasteiger partial charge in [-0.05, 0) is 134 Å². The first-order valence-electron chi connectivity index (χ1n) is 18.3. The summed E-state index contributed by atoms with van der Waals surface area (Å²) >= 11 is 0. The Balaban J connectivity index is 0.000000330. The molecule has 1 aromatic rings. The van der Waals surface area contributed by atoms with Gasteiger partial charge < -0.3 is 15.7 Å². The van der Waals surface area contributed by atoms with E-state index in [9.17, 15) is 4.79 Å². The maximum absolute atomic E-state index is 9.65. The first-order valence-corrected chi connectivity index (χ1v) is 18.3. The highest BCUT2D eigenvalue weighted by molar-refractivity contribution is 5.71. The van der Waals surface area contributed by atoms with Crippen molar-refractivity contribution in [2.24, 2.45) is 51.2 Å². The SMILES string of the molecule is C=CC.Cc1ccc(C2=CCC3(C)C(CCC4(C)C5CCC6(C)CCCC6C5CCC43)C2(C)C)cc1.O=CNCCNCCO. The van der Waals surface area contributed by atoms with Gasteiger partial charge in [-0.25, -0.2) is 0 Å². The minimum absolute atomic E-state index is 0.140. The molecule has 4 heteroatoms. The molecule has 0 aromatic heterocycles. The van der Waals surface area contributed by atoms with E-state index in [1.807, 2.05) is 6.92 Å². The number of aliphatic hydroxyl groups is 1. The van der Waals surface area contributed by atoms with Crippen molar-refractivity contribution in [3.63, 3.8) is 0 Å². The van der Waals surface area contributed by atoms with E-state index in [1.165, 1.54) is 75.3 Å². The molecule has 4 nitrogen and oxygen atoms in total. The zero-order valence-electron chi connectivity index (χ0n) is 29.9. The average Bonchev–Trinajstić information content (AvgIpc) is 3.40. The Morgan fingerprint density at radius 1 is 0.867 bits per heavy atom. The van der Waals surface area contributed by atoms with Crippen molar-refractivity contribution in [3.8, 4) is 0 Å². The van der Waals surface area contributed by atoms with Crippen molar-refractivity contribution in [1.82, 2.24) is 10.6 Å². The zero-order chi connectivity index (χ0) is 32.9. The van der Waals surface area contributed by atoms with E-state index in [0.29, 0.717) is 42.3 Å².